The molecule has 0 atom stereocenters. The monoisotopic (exact) mass is 349 g/mol. The maximum atomic E-state index is 11.4. The number of aromatic nitrogens is 1. The van der Waals surface area contributed by atoms with Gasteiger partial charge in [-0.1, -0.05) is 12.1 Å². The Morgan fingerprint density at radius 2 is 2.00 bits per heavy atom. The van der Waals surface area contributed by atoms with Crippen LogP contribution in [0.15, 0.2) is 24.4 Å². The second-order valence-corrected chi connectivity index (χ2v) is 5.70. The van der Waals surface area contributed by atoms with Gasteiger partial charge in [-0.25, -0.2) is 9.78 Å². The summed E-state index contributed by atoms with van der Waals surface area (Å²) in [4.78, 5) is 16.1. The van der Waals surface area contributed by atoms with Crippen LogP contribution in [0.2, 0.25) is 0 Å². The van der Waals surface area contributed by atoms with E-state index in [0.717, 1.165) is 10.6 Å². The van der Waals surface area contributed by atoms with Gasteiger partial charge in [0.25, 0.3) is 0 Å². The molecule has 1 heterocycles. The molecule has 6 nitrogen and oxygen atoms in total. The number of methoxy groups -OCH3 is 3. The number of rotatable bonds is 8. The summed E-state index contributed by atoms with van der Waals surface area (Å²) in [6.45, 7) is 0.967. The lowest BCUT2D eigenvalue weighted by molar-refractivity contribution is 0.0606. The van der Waals surface area contributed by atoms with Crippen molar-refractivity contribution in [1.82, 2.24) is 4.98 Å². The van der Waals surface area contributed by atoms with Gasteiger partial charge in [-0.2, -0.15) is 0 Å². The molecule has 0 radical (unpaired) electrons. The van der Waals surface area contributed by atoms with E-state index in [2.05, 4.69) is 9.72 Å². The summed E-state index contributed by atoms with van der Waals surface area (Å²) in [5.74, 6) is 0.919. The highest BCUT2D eigenvalue weighted by Gasteiger charge is 2.09. The summed E-state index contributed by atoms with van der Waals surface area (Å²) >= 11 is 1.27. The zero-order valence-corrected chi connectivity index (χ0v) is 14.6. The molecule has 0 amide bonds. The maximum Gasteiger partial charge on any atom is 0.349 e. The first-order chi connectivity index (χ1) is 11.7. The van der Waals surface area contributed by atoms with Gasteiger partial charge in [0, 0.05) is 7.11 Å². The van der Waals surface area contributed by atoms with Crippen LogP contribution in [0.3, 0.4) is 0 Å². The molecule has 0 unspecified atom stereocenters. The molecule has 1 aromatic carbocycles. The first-order valence-corrected chi connectivity index (χ1v) is 8.01. The van der Waals surface area contributed by atoms with Crippen LogP contribution in [0.4, 0.5) is 0 Å². The van der Waals surface area contributed by atoms with Gasteiger partial charge in [0.1, 0.15) is 16.5 Å². The highest BCUT2D eigenvalue weighted by atomic mass is 32.1. The standard InChI is InChI=1S/C17H19NO5S/c1-20-8-9-23-13-6-4-12(10-14(13)21-2)5-7-16-18-11-15(24-16)17(19)22-3/h4-7,10-11H,8-9H2,1-3H3. The molecular formula is C17H19NO5S. The predicted molar refractivity (Wildman–Crippen MR) is 92.7 cm³/mol. The zero-order chi connectivity index (χ0) is 17.4. The Kier molecular flexibility index (Phi) is 6.77. The fraction of sp³-hybridized carbons (Fsp3) is 0.294. The SMILES string of the molecule is COCCOc1ccc(C=Cc2ncc(C(=O)OC)s2)cc1OC. The van der Waals surface area contributed by atoms with Crippen LogP contribution < -0.4 is 9.47 Å². The lowest BCUT2D eigenvalue weighted by atomic mass is 10.2. The third kappa shape index (κ3) is 4.81. The second-order valence-electron chi connectivity index (χ2n) is 4.64. The number of carbonyl (C=O) groups is 1. The van der Waals surface area contributed by atoms with Crippen molar-refractivity contribution in [1.29, 1.82) is 0 Å². The van der Waals surface area contributed by atoms with Crippen molar-refractivity contribution in [2.45, 2.75) is 0 Å². The van der Waals surface area contributed by atoms with Crippen molar-refractivity contribution in [2.24, 2.45) is 0 Å². The predicted octanol–water partition coefficient (Wildman–Crippen LogP) is 3.13. The number of hydrogen-bond acceptors (Lipinski definition) is 7. The van der Waals surface area contributed by atoms with Crippen molar-refractivity contribution in [2.75, 3.05) is 34.5 Å². The number of nitrogens with zero attached hydrogens (tertiary/aromatic N) is 1. The molecular weight excluding hydrogens is 330 g/mol. The number of hydrogen-bond donors (Lipinski definition) is 0. The van der Waals surface area contributed by atoms with Crippen molar-refractivity contribution < 1.29 is 23.7 Å². The Morgan fingerprint density at radius 1 is 1.17 bits per heavy atom. The molecule has 0 saturated carbocycles. The summed E-state index contributed by atoms with van der Waals surface area (Å²) in [7, 11) is 4.56. The number of thiazole rings is 1. The molecule has 0 fully saturated rings. The Bertz CT molecular complexity index is 711. The van der Waals surface area contributed by atoms with Crippen molar-refractivity contribution in [3.05, 3.63) is 39.8 Å². The number of benzene rings is 1. The number of ether oxygens (including phenoxy) is 4. The van der Waals surface area contributed by atoms with Gasteiger partial charge in [-0.3, -0.25) is 0 Å². The summed E-state index contributed by atoms with van der Waals surface area (Å²) in [6.07, 6.45) is 5.22. The van der Waals surface area contributed by atoms with E-state index in [-0.39, 0.29) is 5.97 Å². The van der Waals surface area contributed by atoms with Crippen LogP contribution in [-0.4, -0.2) is 45.5 Å². The number of esters is 1. The van der Waals surface area contributed by atoms with E-state index < -0.39 is 0 Å². The lowest BCUT2D eigenvalue weighted by Crippen LogP contribution is -2.05. The van der Waals surface area contributed by atoms with Gasteiger partial charge in [-0.05, 0) is 23.8 Å². The molecule has 2 rings (SSSR count). The second kappa shape index (κ2) is 9.05. The van der Waals surface area contributed by atoms with Crippen LogP contribution in [0, 0.1) is 0 Å². The molecule has 0 bridgehead atoms. The van der Waals surface area contributed by atoms with E-state index in [0.29, 0.717) is 29.6 Å². The Hall–Kier alpha value is -2.38. The Morgan fingerprint density at radius 3 is 2.71 bits per heavy atom. The molecule has 0 aliphatic carbocycles. The molecule has 0 N–H and O–H groups in total. The minimum Gasteiger partial charge on any atom is -0.493 e. The molecule has 0 aliphatic rings. The van der Waals surface area contributed by atoms with Crippen LogP contribution >= 0.6 is 11.3 Å². The summed E-state index contributed by atoms with van der Waals surface area (Å²) in [5.41, 5.74) is 0.931. The minimum absolute atomic E-state index is 0.383. The fourth-order valence-electron chi connectivity index (χ4n) is 1.87. The zero-order valence-electron chi connectivity index (χ0n) is 13.8. The first kappa shape index (κ1) is 18.0. The van der Waals surface area contributed by atoms with Crippen LogP contribution in [-0.2, 0) is 9.47 Å². The average Bonchev–Trinajstić information content (AvgIpc) is 3.09. The molecule has 0 aliphatic heterocycles. The van der Waals surface area contributed by atoms with Crippen LogP contribution in [0.1, 0.15) is 20.2 Å². The molecule has 0 spiro atoms. The Labute approximate surface area is 144 Å². The van der Waals surface area contributed by atoms with E-state index in [1.807, 2.05) is 30.4 Å². The van der Waals surface area contributed by atoms with E-state index in [4.69, 9.17) is 14.2 Å². The van der Waals surface area contributed by atoms with Crippen molar-refractivity contribution >= 4 is 29.5 Å². The average molecular weight is 349 g/mol. The molecule has 128 valence electrons. The van der Waals surface area contributed by atoms with Crippen molar-refractivity contribution in [3.8, 4) is 11.5 Å². The fourth-order valence-corrected chi connectivity index (χ4v) is 2.61. The van der Waals surface area contributed by atoms with Gasteiger partial charge >= 0.3 is 5.97 Å². The molecule has 0 saturated heterocycles. The Balaban J connectivity index is 2.09. The van der Waals surface area contributed by atoms with Gasteiger partial charge in [0.05, 0.1) is 27.0 Å². The van der Waals surface area contributed by atoms with Crippen molar-refractivity contribution in [3.63, 3.8) is 0 Å². The topological polar surface area (TPSA) is 66.9 Å². The maximum absolute atomic E-state index is 11.4. The van der Waals surface area contributed by atoms with Crippen LogP contribution in [0.25, 0.3) is 12.2 Å². The number of carbonyl (C=O) groups excluding carboxylic acids is 1. The molecule has 7 heteroatoms. The quantitative estimate of drug-likeness (QED) is 0.539. The first-order valence-electron chi connectivity index (χ1n) is 7.20. The highest BCUT2D eigenvalue weighted by molar-refractivity contribution is 7.14. The molecule has 1 aromatic heterocycles. The molecule has 24 heavy (non-hydrogen) atoms. The van der Waals surface area contributed by atoms with E-state index in [1.165, 1.54) is 24.6 Å². The lowest BCUT2D eigenvalue weighted by Gasteiger charge is -2.10. The van der Waals surface area contributed by atoms with Gasteiger partial charge in [-0.15, -0.1) is 11.3 Å². The van der Waals surface area contributed by atoms with Gasteiger partial charge in [0.15, 0.2) is 11.5 Å². The third-order valence-electron chi connectivity index (χ3n) is 3.06. The minimum atomic E-state index is -0.383. The highest BCUT2D eigenvalue weighted by Crippen LogP contribution is 2.29. The van der Waals surface area contributed by atoms with Gasteiger partial charge < -0.3 is 18.9 Å². The third-order valence-corrected chi connectivity index (χ3v) is 4.00. The largest absolute Gasteiger partial charge is 0.493 e. The smallest absolute Gasteiger partial charge is 0.349 e. The summed E-state index contributed by atoms with van der Waals surface area (Å²) < 4.78 is 20.6. The molecule has 2 aromatic rings. The van der Waals surface area contributed by atoms with E-state index >= 15 is 0 Å². The van der Waals surface area contributed by atoms with E-state index in [9.17, 15) is 4.79 Å². The normalized spacial score (nSPS) is 10.8. The van der Waals surface area contributed by atoms with Crippen LogP contribution in [0.5, 0.6) is 11.5 Å². The van der Waals surface area contributed by atoms with Gasteiger partial charge in [0.2, 0.25) is 0 Å². The summed E-state index contributed by atoms with van der Waals surface area (Å²) in [6, 6.07) is 5.62. The van der Waals surface area contributed by atoms with E-state index in [1.54, 1.807) is 14.2 Å². The summed E-state index contributed by atoms with van der Waals surface area (Å²) in [5, 5.41) is 0.717.